The van der Waals surface area contributed by atoms with Crippen LogP contribution in [0.5, 0.6) is 5.75 Å². The van der Waals surface area contributed by atoms with Crippen LogP contribution in [0, 0.1) is 5.82 Å². The molecule has 1 fully saturated rings. The Balaban J connectivity index is 1.32. The lowest BCUT2D eigenvalue weighted by molar-refractivity contribution is -0.143. The van der Waals surface area contributed by atoms with Crippen molar-refractivity contribution in [2.75, 3.05) is 24.5 Å². The van der Waals surface area contributed by atoms with Crippen LogP contribution in [0.3, 0.4) is 0 Å². The predicted molar refractivity (Wildman–Crippen MR) is 167 cm³/mol. The molecule has 1 heterocycles. The minimum absolute atomic E-state index is 0.0386. The molecule has 0 aromatic heterocycles. The lowest BCUT2D eigenvalue weighted by Crippen LogP contribution is -2.46. The van der Waals surface area contributed by atoms with E-state index in [1.54, 1.807) is 0 Å². The zero-order valence-corrected chi connectivity index (χ0v) is 25.3. The minimum atomic E-state index is -3.94. The van der Waals surface area contributed by atoms with Crippen LogP contribution in [0.15, 0.2) is 114 Å². The maximum Gasteiger partial charge on any atom is 0.261 e. The van der Waals surface area contributed by atoms with Crippen LogP contribution in [0.2, 0.25) is 0 Å². The van der Waals surface area contributed by atoms with Crippen molar-refractivity contribution in [3.8, 4) is 5.75 Å². The van der Waals surface area contributed by atoms with Crippen LogP contribution < -0.4 is 14.8 Å². The van der Waals surface area contributed by atoms with Crippen molar-refractivity contribution in [3.05, 3.63) is 126 Å². The molecular weight excluding hydrogens is 597 g/mol. The van der Waals surface area contributed by atoms with Crippen molar-refractivity contribution >= 4 is 27.5 Å². The highest BCUT2D eigenvalue weighted by atomic mass is 32.2. The van der Waals surface area contributed by atoms with Crippen molar-refractivity contribution in [1.82, 2.24) is 10.2 Å². The van der Waals surface area contributed by atoms with E-state index in [0.717, 1.165) is 30.5 Å². The molecule has 0 unspecified atom stereocenters. The fourth-order valence-corrected chi connectivity index (χ4v) is 6.06. The first kappa shape index (κ1) is 31.7. The molecule has 0 bridgehead atoms. The Morgan fingerprint density at radius 1 is 0.911 bits per heavy atom. The van der Waals surface area contributed by atoms with Gasteiger partial charge in [0.15, 0.2) is 6.61 Å². The van der Waals surface area contributed by atoms with Gasteiger partial charge in [0.2, 0.25) is 5.91 Å². The van der Waals surface area contributed by atoms with Crippen LogP contribution in [-0.2, 0) is 30.9 Å². The van der Waals surface area contributed by atoms with Crippen LogP contribution >= 0.6 is 0 Å². The van der Waals surface area contributed by atoms with Crippen molar-refractivity contribution in [2.24, 2.45) is 0 Å². The molecule has 11 heteroatoms. The Morgan fingerprint density at radius 3 is 2.22 bits per heavy atom. The van der Waals surface area contributed by atoms with E-state index in [4.69, 9.17) is 9.47 Å². The molecule has 2 N–H and O–H groups in total. The first-order valence-corrected chi connectivity index (χ1v) is 16.1. The van der Waals surface area contributed by atoms with Crippen molar-refractivity contribution in [1.29, 1.82) is 0 Å². The minimum Gasteiger partial charge on any atom is -0.484 e. The molecule has 45 heavy (non-hydrogen) atoms. The summed E-state index contributed by atoms with van der Waals surface area (Å²) < 4.78 is 52.6. The highest BCUT2D eigenvalue weighted by Gasteiger charge is 2.32. The molecular formula is C34H34FN3O6S. The summed E-state index contributed by atoms with van der Waals surface area (Å²) in [6.45, 7) is 0.769. The smallest absolute Gasteiger partial charge is 0.261 e. The van der Waals surface area contributed by atoms with Gasteiger partial charge in [-0.25, -0.2) is 12.8 Å². The summed E-state index contributed by atoms with van der Waals surface area (Å²) >= 11 is 0. The zero-order valence-electron chi connectivity index (χ0n) is 24.5. The lowest BCUT2D eigenvalue weighted by Gasteiger charge is -2.32. The summed E-state index contributed by atoms with van der Waals surface area (Å²) in [7, 11) is -3.94. The number of halogens is 1. The summed E-state index contributed by atoms with van der Waals surface area (Å²) in [6.07, 6.45) is 1.74. The molecule has 2 amide bonds. The summed E-state index contributed by atoms with van der Waals surface area (Å²) in [6, 6.07) is 28.1. The molecule has 234 valence electrons. The van der Waals surface area contributed by atoms with Gasteiger partial charge in [0.05, 0.1) is 11.0 Å². The van der Waals surface area contributed by atoms with Crippen LogP contribution in [-0.4, -0.2) is 51.0 Å². The van der Waals surface area contributed by atoms with E-state index in [9.17, 15) is 22.4 Å². The maximum atomic E-state index is 13.8. The third-order valence-corrected chi connectivity index (χ3v) is 8.71. The Hall–Kier alpha value is -4.74. The first-order valence-electron chi connectivity index (χ1n) is 14.6. The molecule has 4 aromatic rings. The topological polar surface area (TPSA) is 114 Å². The fourth-order valence-electron chi connectivity index (χ4n) is 5.00. The van der Waals surface area contributed by atoms with E-state index < -0.39 is 34.4 Å². The Bertz CT molecular complexity index is 1670. The predicted octanol–water partition coefficient (Wildman–Crippen LogP) is 5.07. The van der Waals surface area contributed by atoms with Gasteiger partial charge in [-0.05, 0) is 72.5 Å². The van der Waals surface area contributed by atoms with E-state index in [-0.39, 0.29) is 34.9 Å². The van der Waals surface area contributed by atoms with Gasteiger partial charge < -0.3 is 19.7 Å². The van der Waals surface area contributed by atoms with E-state index >= 15 is 0 Å². The van der Waals surface area contributed by atoms with E-state index in [2.05, 4.69) is 10.0 Å². The number of rotatable bonds is 13. The van der Waals surface area contributed by atoms with Crippen molar-refractivity contribution in [3.63, 3.8) is 0 Å². The van der Waals surface area contributed by atoms with Gasteiger partial charge in [-0.1, -0.05) is 60.7 Å². The molecule has 2 atom stereocenters. The maximum absolute atomic E-state index is 13.8. The average Bonchev–Trinajstić information content (AvgIpc) is 3.58. The molecule has 0 aliphatic carbocycles. The largest absolute Gasteiger partial charge is 0.484 e. The monoisotopic (exact) mass is 631 g/mol. The molecule has 9 nitrogen and oxygen atoms in total. The van der Waals surface area contributed by atoms with Gasteiger partial charge in [0.1, 0.15) is 17.6 Å². The molecule has 4 aromatic carbocycles. The molecule has 1 aliphatic heterocycles. The number of carbonyl (C=O) groups excluding carboxylic acids is 2. The lowest BCUT2D eigenvalue weighted by atomic mass is 10.0. The SMILES string of the molecule is O=C(NC[C@@H]1CCCO1)[C@H](c1ccccc1)N(Cc1ccccc1)C(=O)COc1ccc(S(=O)(=O)Nc2ccc(F)cc2)cc1. The summed E-state index contributed by atoms with van der Waals surface area (Å²) in [5.41, 5.74) is 1.70. The second-order valence-corrected chi connectivity index (χ2v) is 12.3. The third-order valence-electron chi connectivity index (χ3n) is 7.31. The number of hydrogen-bond donors (Lipinski definition) is 2. The van der Waals surface area contributed by atoms with Gasteiger partial charge in [-0.2, -0.15) is 0 Å². The highest BCUT2D eigenvalue weighted by molar-refractivity contribution is 7.92. The highest BCUT2D eigenvalue weighted by Crippen LogP contribution is 2.25. The quantitative estimate of drug-likeness (QED) is 0.213. The van der Waals surface area contributed by atoms with E-state index in [1.165, 1.54) is 41.3 Å². The van der Waals surface area contributed by atoms with Gasteiger partial charge in [-0.15, -0.1) is 0 Å². The first-order chi connectivity index (χ1) is 21.8. The number of nitrogens with one attached hydrogen (secondary N) is 2. The molecule has 5 rings (SSSR count). The molecule has 0 radical (unpaired) electrons. The van der Waals surface area contributed by atoms with E-state index in [0.29, 0.717) is 18.7 Å². The molecule has 1 saturated heterocycles. The number of carbonyl (C=O) groups is 2. The van der Waals surface area contributed by atoms with Crippen molar-refractivity contribution < 1.29 is 31.9 Å². The van der Waals surface area contributed by atoms with Crippen LogP contribution in [0.1, 0.15) is 30.0 Å². The van der Waals surface area contributed by atoms with Crippen LogP contribution in [0.4, 0.5) is 10.1 Å². The fraction of sp³-hybridized carbons (Fsp3) is 0.235. The molecule has 0 spiro atoms. The number of ether oxygens (including phenoxy) is 2. The number of anilines is 1. The van der Waals surface area contributed by atoms with Gasteiger partial charge in [-0.3, -0.25) is 14.3 Å². The summed E-state index contributed by atoms with van der Waals surface area (Å²) in [4.78, 5) is 29.0. The third kappa shape index (κ3) is 8.68. The number of sulfonamides is 1. The Morgan fingerprint density at radius 2 is 1.58 bits per heavy atom. The Kier molecular flexibility index (Phi) is 10.4. The normalized spacial score (nSPS) is 15.2. The van der Waals surface area contributed by atoms with Gasteiger partial charge in [0, 0.05) is 25.4 Å². The summed E-state index contributed by atoms with van der Waals surface area (Å²) in [5.74, 6) is -0.979. The second kappa shape index (κ2) is 14.8. The molecule has 0 saturated carbocycles. The zero-order chi connectivity index (χ0) is 31.6. The van der Waals surface area contributed by atoms with Gasteiger partial charge >= 0.3 is 0 Å². The van der Waals surface area contributed by atoms with Gasteiger partial charge in [0.25, 0.3) is 15.9 Å². The Labute approximate surface area is 262 Å². The van der Waals surface area contributed by atoms with Crippen LogP contribution in [0.25, 0.3) is 0 Å². The number of amides is 2. The molecule has 1 aliphatic rings. The standard InChI is InChI=1S/C34H34FN3O6S/c35-27-13-15-28(16-14-27)37-45(41,42)31-19-17-29(18-20-31)44-24-32(39)38(23-25-8-3-1-4-9-25)33(26-10-5-2-6-11-26)34(40)36-22-30-12-7-21-43-30/h1-6,8-11,13-20,30,33,37H,7,12,21-24H2,(H,36,40)/t30-,33-/m0/s1. The number of nitrogens with zero attached hydrogens (tertiary/aromatic N) is 1. The van der Waals surface area contributed by atoms with Crippen molar-refractivity contribution in [2.45, 2.75) is 36.4 Å². The second-order valence-electron chi connectivity index (χ2n) is 10.6. The number of hydrogen-bond acceptors (Lipinski definition) is 6. The van der Waals surface area contributed by atoms with E-state index in [1.807, 2.05) is 60.7 Å². The number of benzene rings is 4. The summed E-state index contributed by atoms with van der Waals surface area (Å²) in [5, 5.41) is 2.98. The average molecular weight is 632 g/mol.